The largest absolute Gasteiger partial charge is 0.347 e. The van der Waals surface area contributed by atoms with E-state index >= 15 is 0 Å². The van der Waals surface area contributed by atoms with E-state index in [0.29, 0.717) is 11.6 Å². The number of nitrogens with zero attached hydrogens (tertiary/aromatic N) is 2. The van der Waals surface area contributed by atoms with Crippen molar-refractivity contribution in [2.24, 2.45) is 0 Å². The summed E-state index contributed by atoms with van der Waals surface area (Å²) in [4.78, 5) is 12.4. The smallest absolute Gasteiger partial charge is 0.272 e. The first kappa shape index (κ1) is 16.0. The fourth-order valence-corrected chi connectivity index (χ4v) is 2.69. The van der Waals surface area contributed by atoms with Gasteiger partial charge in [0.2, 0.25) is 0 Å². The molecule has 21 heavy (non-hydrogen) atoms. The third-order valence-electron chi connectivity index (χ3n) is 3.83. The van der Waals surface area contributed by atoms with Crippen LogP contribution in [0.2, 0.25) is 0 Å². The molecule has 0 spiro atoms. The molecular weight excluding hydrogens is 264 g/mol. The van der Waals surface area contributed by atoms with E-state index in [1.807, 2.05) is 10.7 Å². The molecule has 1 aliphatic rings. The second kappa shape index (κ2) is 6.18. The van der Waals surface area contributed by atoms with Gasteiger partial charge in [0.15, 0.2) is 0 Å². The molecule has 1 amide bonds. The number of nitrogens with one attached hydrogen (secondary N) is 2. The summed E-state index contributed by atoms with van der Waals surface area (Å²) in [5, 5.41) is 11.0. The van der Waals surface area contributed by atoms with Crippen molar-refractivity contribution in [2.75, 3.05) is 13.1 Å². The molecule has 0 radical (unpaired) electrons. The molecule has 1 aromatic rings. The lowest BCUT2D eigenvalue weighted by molar-refractivity contribution is 0.0924. The van der Waals surface area contributed by atoms with E-state index in [4.69, 9.17) is 0 Å². The van der Waals surface area contributed by atoms with Crippen LogP contribution < -0.4 is 10.6 Å². The van der Waals surface area contributed by atoms with Gasteiger partial charge in [-0.3, -0.25) is 9.48 Å². The minimum absolute atomic E-state index is 0.0615. The standard InChI is InChI=1S/C16H28N4O/c1-11(2)14-9-13(19-20(14)16(3,4)5)15(21)18-12-7-6-8-17-10-12/h9,11-12,17H,6-8,10H2,1-5H3,(H,18,21)/t12-/m0/s1. The molecule has 118 valence electrons. The summed E-state index contributed by atoms with van der Waals surface area (Å²) in [6, 6.07) is 2.15. The Balaban J connectivity index is 2.17. The average Bonchev–Trinajstić information content (AvgIpc) is 2.85. The Labute approximate surface area is 127 Å². The van der Waals surface area contributed by atoms with Crippen molar-refractivity contribution >= 4 is 5.91 Å². The summed E-state index contributed by atoms with van der Waals surface area (Å²) < 4.78 is 1.98. The number of aromatic nitrogens is 2. The van der Waals surface area contributed by atoms with Gasteiger partial charge in [-0.25, -0.2) is 0 Å². The highest BCUT2D eigenvalue weighted by molar-refractivity contribution is 5.92. The minimum Gasteiger partial charge on any atom is -0.347 e. The quantitative estimate of drug-likeness (QED) is 0.898. The predicted molar refractivity (Wildman–Crippen MR) is 84.7 cm³/mol. The highest BCUT2D eigenvalue weighted by Crippen LogP contribution is 2.23. The molecule has 0 saturated carbocycles. The van der Waals surface area contributed by atoms with Crippen LogP contribution in [0.3, 0.4) is 0 Å². The van der Waals surface area contributed by atoms with Crippen LogP contribution in [0.5, 0.6) is 0 Å². The zero-order chi connectivity index (χ0) is 15.6. The van der Waals surface area contributed by atoms with Gasteiger partial charge in [0.1, 0.15) is 5.69 Å². The lowest BCUT2D eigenvalue weighted by atomic mass is 10.1. The average molecular weight is 292 g/mol. The van der Waals surface area contributed by atoms with Crippen LogP contribution in [0.4, 0.5) is 0 Å². The summed E-state index contributed by atoms with van der Waals surface area (Å²) in [5.74, 6) is 0.281. The number of hydrogen-bond donors (Lipinski definition) is 2. The fraction of sp³-hybridized carbons (Fsp3) is 0.750. The first-order valence-electron chi connectivity index (χ1n) is 7.91. The van der Waals surface area contributed by atoms with Crippen molar-refractivity contribution in [3.8, 4) is 0 Å². The van der Waals surface area contributed by atoms with Crippen LogP contribution in [0.25, 0.3) is 0 Å². The number of carbonyl (C=O) groups is 1. The molecule has 5 heteroatoms. The molecule has 0 aliphatic carbocycles. The SMILES string of the molecule is CC(C)c1cc(C(=O)N[C@H]2CCCNC2)nn1C(C)(C)C. The molecule has 1 aromatic heterocycles. The molecule has 0 unspecified atom stereocenters. The maximum Gasteiger partial charge on any atom is 0.272 e. The van der Waals surface area contributed by atoms with Crippen molar-refractivity contribution in [3.05, 3.63) is 17.5 Å². The lowest BCUT2D eigenvalue weighted by Gasteiger charge is -2.24. The van der Waals surface area contributed by atoms with Gasteiger partial charge in [0.25, 0.3) is 5.91 Å². The zero-order valence-corrected chi connectivity index (χ0v) is 13.9. The molecule has 1 fully saturated rings. The Morgan fingerprint density at radius 2 is 2.19 bits per heavy atom. The molecule has 0 bridgehead atoms. The molecular formula is C16H28N4O. The Hall–Kier alpha value is -1.36. The molecule has 2 rings (SSSR count). The van der Waals surface area contributed by atoms with Gasteiger partial charge < -0.3 is 10.6 Å². The van der Waals surface area contributed by atoms with Crippen LogP contribution in [0.15, 0.2) is 6.07 Å². The molecule has 5 nitrogen and oxygen atoms in total. The molecule has 0 aromatic carbocycles. The van der Waals surface area contributed by atoms with E-state index in [0.717, 1.165) is 31.6 Å². The summed E-state index contributed by atoms with van der Waals surface area (Å²) in [6.07, 6.45) is 2.15. The Kier molecular flexibility index (Phi) is 4.71. The predicted octanol–water partition coefficient (Wildman–Crippen LogP) is 2.24. The van der Waals surface area contributed by atoms with E-state index in [2.05, 4.69) is 50.4 Å². The lowest BCUT2D eigenvalue weighted by Crippen LogP contribution is -2.45. The topological polar surface area (TPSA) is 59.0 Å². The Bertz CT molecular complexity index is 493. The number of hydrogen-bond acceptors (Lipinski definition) is 3. The molecule has 1 atom stereocenters. The highest BCUT2D eigenvalue weighted by Gasteiger charge is 2.24. The van der Waals surface area contributed by atoms with Crippen molar-refractivity contribution < 1.29 is 4.79 Å². The summed E-state index contributed by atoms with van der Waals surface area (Å²) in [7, 11) is 0. The maximum atomic E-state index is 12.4. The number of piperidine rings is 1. The molecule has 1 aliphatic heterocycles. The van der Waals surface area contributed by atoms with E-state index in [1.54, 1.807) is 0 Å². The summed E-state index contributed by atoms with van der Waals surface area (Å²) >= 11 is 0. The number of carbonyl (C=O) groups excluding carboxylic acids is 1. The number of rotatable bonds is 3. The van der Waals surface area contributed by atoms with Crippen LogP contribution in [-0.4, -0.2) is 34.8 Å². The van der Waals surface area contributed by atoms with Crippen LogP contribution in [0, 0.1) is 0 Å². The van der Waals surface area contributed by atoms with Gasteiger partial charge in [-0.2, -0.15) is 5.10 Å². The summed E-state index contributed by atoms with van der Waals surface area (Å²) in [5.41, 5.74) is 1.51. The van der Waals surface area contributed by atoms with E-state index in [9.17, 15) is 4.79 Å². The normalized spacial score (nSPS) is 19.8. The van der Waals surface area contributed by atoms with E-state index < -0.39 is 0 Å². The molecule has 1 saturated heterocycles. The van der Waals surface area contributed by atoms with Crippen LogP contribution >= 0.6 is 0 Å². The summed E-state index contributed by atoms with van der Waals surface area (Å²) in [6.45, 7) is 12.5. The van der Waals surface area contributed by atoms with Gasteiger partial charge in [0.05, 0.1) is 5.54 Å². The van der Waals surface area contributed by atoms with Gasteiger partial charge >= 0.3 is 0 Å². The van der Waals surface area contributed by atoms with Crippen molar-refractivity contribution in [1.29, 1.82) is 0 Å². The van der Waals surface area contributed by atoms with Gasteiger partial charge in [-0.15, -0.1) is 0 Å². The van der Waals surface area contributed by atoms with E-state index in [-0.39, 0.29) is 17.5 Å². The minimum atomic E-state index is -0.121. The number of amides is 1. The van der Waals surface area contributed by atoms with Crippen molar-refractivity contribution in [3.63, 3.8) is 0 Å². The van der Waals surface area contributed by atoms with E-state index in [1.165, 1.54) is 0 Å². The van der Waals surface area contributed by atoms with Gasteiger partial charge in [-0.05, 0) is 52.1 Å². The van der Waals surface area contributed by atoms with Gasteiger partial charge in [-0.1, -0.05) is 13.8 Å². The van der Waals surface area contributed by atoms with Gasteiger partial charge in [0, 0.05) is 18.3 Å². The van der Waals surface area contributed by atoms with Crippen LogP contribution in [-0.2, 0) is 5.54 Å². The third-order valence-corrected chi connectivity index (χ3v) is 3.83. The third kappa shape index (κ3) is 3.84. The Morgan fingerprint density at radius 1 is 1.48 bits per heavy atom. The second-order valence-electron chi connectivity index (χ2n) is 7.21. The van der Waals surface area contributed by atoms with Crippen LogP contribution in [0.1, 0.15) is 69.6 Å². The Morgan fingerprint density at radius 3 is 2.67 bits per heavy atom. The first-order chi connectivity index (χ1) is 9.79. The molecule has 2 N–H and O–H groups in total. The second-order valence-corrected chi connectivity index (χ2v) is 7.21. The van der Waals surface area contributed by atoms with Crippen molar-refractivity contribution in [2.45, 2.75) is 65.0 Å². The molecule has 2 heterocycles. The van der Waals surface area contributed by atoms with Crippen molar-refractivity contribution in [1.82, 2.24) is 20.4 Å². The fourth-order valence-electron chi connectivity index (χ4n) is 2.69. The zero-order valence-electron chi connectivity index (χ0n) is 13.9. The first-order valence-corrected chi connectivity index (χ1v) is 7.91. The highest BCUT2D eigenvalue weighted by atomic mass is 16.2. The maximum absolute atomic E-state index is 12.4. The monoisotopic (exact) mass is 292 g/mol.